The molecule has 0 amide bonds. The van der Waals surface area contributed by atoms with Gasteiger partial charge in [0.1, 0.15) is 6.10 Å². The van der Waals surface area contributed by atoms with Gasteiger partial charge in [-0.2, -0.15) is 24.9 Å². The molecule has 0 spiro atoms. The Labute approximate surface area is 195 Å². The van der Waals surface area contributed by atoms with Crippen LogP contribution in [0.2, 0.25) is 0 Å². The highest BCUT2D eigenvalue weighted by Crippen LogP contribution is 2.52. The van der Waals surface area contributed by atoms with Crippen LogP contribution in [0.25, 0.3) is 17.2 Å². The summed E-state index contributed by atoms with van der Waals surface area (Å²) in [6, 6.07) is 8.92. The molecule has 3 heterocycles. The number of allylic oxidation sites excluding steroid dienone is 1. The third-order valence-electron chi connectivity index (χ3n) is 7.44. The molecule has 33 heavy (non-hydrogen) atoms. The van der Waals surface area contributed by atoms with Crippen LogP contribution in [-0.4, -0.2) is 28.6 Å². The van der Waals surface area contributed by atoms with E-state index >= 15 is 0 Å². The molecule has 2 aromatic rings. The molecule has 1 saturated carbocycles. The number of carbonyl (C=O) groups excluding carboxylic acids is 1. The van der Waals surface area contributed by atoms with E-state index in [0.717, 1.165) is 42.2 Å². The molecule has 3 fully saturated rings. The average molecular weight is 474 g/mol. The van der Waals surface area contributed by atoms with Crippen molar-refractivity contribution in [3.63, 3.8) is 0 Å². The van der Waals surface area contributed by atoms with Crippen LogP contribution < -0.4 is 0 Å². The Balaban J connectivity index is 1.38. The fourth-order valence-electron chi connectivity index (χ4n) is 5.87. The Bertz CT molecular complexity index is 1050. The van der Waals surface area contributed by atoms with Crippen molar-refractivity contribution in [2.24, 2.45) is 29.6 Å². The minimum atomic E-state index is -4.37. The first-order valence-corrected chi connectivity index (χ1v) is 12.6. The molecule has 174 valence electrons. The summed E-state index contributed by atoms with van der Waals surface area (Å²) in [4.78, 5) is 16.9. The highest BCUT2D eigenvalue weighted by Gasteiger charge is 2.53. The Morgan fingerprint density at radius 1 is 1.18 bits per heavy atom. The van der Waals surface area contributed by atoms with Crippen LogP contribution in [-0.2, 0) is 15.7 Å². The maximum atomic E-state index is 13.0. The maximum Gasteiger partial charge on any atom is 0.416 e. The van der Waals surface area contributed by atoms with Gasteiger partial charge in [-0.05, 0) is 78.9 Å². The van der Waals surface area contributed by atoms with Crippen LogP contribution in [0.5, 0.6) is 0 Å². The largest absolute Gasteiger partial charge is 0.462 e. The van der Waals surface area contributed by atoms with Crippen LogP contribution in [0.15, 0.2) is 48.7 Å². The second-order valence-electron chi connectivity index (χ2n) is 9.34. The van der Waals surface area contributed by atoms with Gasteiger partial charge in [-0.3, -0.25) is 9.78 Å². The first kappa shape index (κ1) is 22.5. The molecule has 1 aliphatic carbocycles. The topological polar surface area (TPSA) is 39.2 Å². The second-order valence-corrected chi connectivity index (χ2v) is 10.5. The Morgan fingerprint density at radius 3 is 2.79 bits per heavy atom. The fraction of sp³-hybridized carbons (Fsp3) is 0.462. The monoisotopic (exact) mass is 473 g/mol. The van der Waals surface area contributed by atoms with Crippen molar-refractivity contribution < 1.29 is 22.7 Å². The Hall–Kier alpha value is -2.28. The number of hydrogen-bond donors (Lipinski definition) is 0. The van der Waals surface area contributed by atoms with Crippen LogP contribution >= 0.6 is 11.8 Å². The molecule has 0 N–H and O–H groups in total. The van der Waals surface area contributed by atoms with Crippen LogP contribution in [0.3, 0.4) is 0 Å². The number of halogens is 3. The predicted molar refractivity (Wildman–Crippen MR) is 123 cm³/mol. The van der Waals surface area contributed by atoms with Crippen molar-refractivity contribution in [1.82, 2.24) is 4.98 Å². The summed E-state index contributed by atoms with van der Waals surface area (Å²) >= 11 is 1.98. The third-order valence-corrected chi connectivity index (χ3v) is 8.63. The maximum absolute atomic E-state index is 13.0. The normalized spacial score (nSPS) is 31.8. The molecule has 1 aromatic heterocycles. The van der Waals surface area contributed by atoms with E-state index in [1.165, 1.54) is 6.07 Å². The van der Waals surface area contributed by atoms with E-state index in [2.05, 4.69) is 11.1 Å². The lowest BCUT2D eigenvalue weighted by molar-refractivity contribution is -0.144. The minimum absolute atomic E-state index is 0.0224. The molecule has 2 aliphatic heterocycles. The number of benzene rings is 1. The SMILES string of the molecule is C[C@H]1OC(=O)[C@@H]2C[C@@H]3CSCC[C@H]3[C@H](C=Cc3ccc(-c4cccc(C(F)(F)F)c4)cn3)[C@H]12. The Kier molecular flexibility index (Phi) is 6.02. The molecule has 1 aromatic carbocycles. The minimum Gasteiger partial charge on any atom is -0.462 e. The van der Waals surface area contributed by atoms with Gasteiger partial charge in [-0.25, -0.2) is 0 Å². The predicted octanol–water partition coefficient (Wildman–Crippen LogP) is 6.35. The van der Waals surface area contributed by atoms with E-state index in [1.54, 1.807) is 18.3 Å². The molecule has 0 bridgehead atoms. The number of nitrogens with zero attached hydrogens (tertiary/aromatic N) is 1. The van der Waals surface area contributed by atoms with E-state index in [-0.39, 0.29) is 29.8 Å². The zero-order valence-corrected chi connectivity index (χ0v) is 19.1. The van der Waals surface area contributed by atoms with Gasteiger partial charge in [0.05, 0.1) is 17.2 Å². The average Bonchev–Trinajstić information content (AvgIpc) is 3.09. The molecule has 5 rings (SSSR count). The van der Waals surface area contributed by atoms with Gasteiger partial charge in [-0.1, -0.05) is 24.3 Å². The number of aromatic nitrogens is 1. The standard InChI is InChI=1S/C26H26F3NO2S/c1-15-24-22(21-9-10-33-14-18(21)12-23(24)25(31)32-15)8-7-20-6-5-17(13-30-20)16-3-2-4-19(11-16)26(27,28)29/h2-8,11,13,15,18,21-24H,9-10,12,14H2,1H3/t15-,18-,21-,22+,23-,24+/m1/s1. The second kappa shape index (κ2) is 8.82. The number of ether oxygens (including phenoxy) is 1. The number of carbonyl (C=O) groups is 1. The van der Waals surface area contributed by atoms with Crippen molar-refractivity contribution in [3.8, 4) is 11.1 Å². The van der Waals surface area contributed by atoms with Crippen LogP contribution in [0.4, 0.5) is 13.2 Å². The summed E-state index contributed by atoms with van der Waals surface area (Å²) in [5.74, 6) is 3.72. The molecule has 2 saturated heterocycles. The van der Waals surface area contributed by atoms with E-state index < -0.39 is 11.7 Å². The van der Waals surface area contributed by atoms with Gasteiger partial charge in [0.2, 0.25) is 0 Å². The lowest BCUT2D eigenvalue weighted by atomic mass is 9.60. The lowest BCUT2D eigenvalue weighted by Gasteiger charge is -2.45. The number of alkyl halides is 3. The summed E-state index contributed by atoms with van der Waals surface area (Å²) < 4.78 is 44.7. The van der Waals surface area contributed by atoms with Crippen LogP contribution in [0, 0.1) is 29.6 Å². The van der Waals surface area contributed by atoms with Gasteiger partial charge in [0.15, 0.2) is 0 Å². The zero-order chi connectivity index (χ0) is 23.2. The van der Waals surface area contributed by atoms with E-state index in [9.17, 15) is 18.0 Å². The highest BCUT2D eigenvalue weighted by atomic mass is 32.2. The number of fused-ring (bicyclic) bond motifs is 2. The van der Waals surface area contributed by atoms with Gasteiger partial charge in [-0.15, -0.1) is 0 Å². The number of thioether (sulfide) groups is 1. The summed E-state index contributed by atoms with van der Waals surface area (Å²) in [7, 11) is 0. The first-order valence-electron chi connectivity index (χ1n) is 11.4. The van der Waals surface area contributed by atoms with Gasteiger partial charge < -0.3 is 4.74 Å². The lowest BCUT2D eigenvalue weighted by Crippen LogP contribution is -2.44. The molecule has 3 aliphatic rings. The summed E-state index contributed by atoms with van der Waals surface area (Å²) in [6.45, 7) is 2.00. The quantitative estimate of drug-likeness (QED) is 0.487. The molecule has 6 atom stereocenters. The molecular formula is C26H26F3NO2S. The smallest absolute Gasteiger partial charge is 0.416 e. The third kappa shape index (κ3) is 4.44. The number of pyridine rings is 1. The number of rotatable bonds is 3. The first-order chi connectivity index (χ1) is 15.8. The van der Waals surface area contributed by atoms with E-state index in [4.69, 9.17) is 4.74 Å². The highest BCUT2D eigenvalue weighted by molar-refractivity contribution is 7.99. The van der Waals surface area contributed by atoms with E-state index in [0.29, 0.717) is 23.0 Å². The summed E-state index contributed by atoms with van der Waals surface area (Å²) in [5, 5.41) is 0. The molecule has 7 heteroatoms. The molecule has 3 nitrogen and oxygen atoms in total. The molecular weight excluding hydrogens is 447 g/mol. The van der Waals surface area contributed by atoms with Gasteiger partial charge in [0.25, 0.3) is 0 Å². The number of esters is 1. The fourth-order valence-corrected chi connectivity index (χ4v) is 7.16. The van der Waals surface area contributed by atoms with Crippen molar-refractivity contribution in [2.45, 2.75) is 32.0 Å². The summed E-state index contributed by atoms with van der Waals surface area (Å²) in [6.07, 6.45) is 3.44. The van der Waals surface area contributed by atoms with Crippen molar-refractivity contribution in [3.05, 3.63) is 59.9 Å². The van der Waals surface area contributed by atoms with Crippen molar-refractivity contribution in [2.75, 3.05) is 11.5 Å². The van der Waals surface area contributed by atoms with Gasteiger partial charge >= 0.3 is 12.1 Å². The van der Waals surface area contributed by atoms with Crippen molar-refractivity contribution >= 4 is 23.8 Å². The van der Waals surface area contributed by atoms with Crippen molar-refractivity contribution in [1.29, 1.82) is 0 Å². The Morgan fingerprint density at radius 2 is 2.03 bits per heavy atom. The van der Waals surface area contributed by atoms with Gasteiger partial charge in [0, 0.05) is 17.7 Å². The number of hydrogen-bond acceptors (Lipinski definition) is 4. The molecule has 0 radical (unpaired) electrons. The summed E-state index contributed by atoms with van der Waals surface area (Å²) in [5.41, 5.74) is 1.22. The van der Waals surface area contributed by atoms with Crippen LogP contribution in [0.1, 0.15) is 31.0 Å². The van der Waals surface area contributed by atoms with E-state index in [1.807, 2.05) is 30.8 Å². The number of cyclic esters (lactones) is 1. The molecule has 0 unspecified atom stereocenters. The zero-order valence-electron chi connectivity index (χ0n) is 18.3.